The summed E-state index contributed by atoms with van der Waals surface area (Å²) in [5.41, 5.74) is 1.16. The maximum absolute atomic E-state index is 5.77. The third-order valence-electron chi connectivity index (χ3n) is 2.04. The van der Waals surface area contributed by atoms with E-state index < -0.39 is 0 Å². The molecule has 0 spiro atoms. The van der Waals surface area contributed by atoms with Gasteiger partial charge in [-0.05, 0) is 11.5 Å². The summed E-state index contributed by atoms with van der Waals surface area (Å²) in [6.45, 7) is 7.08. The highest BCUT2D eigenvalue weighted by molar-refractivity contribution is 9.10. The second-order valence-corrected chi connectivity index (χ2v) is 5.82. The molecule has 0 amide bonds. The molecule has 0 saturated heterocycles. The number of hydrogen-bond acceptors (Lipinski definition) is 2. The molecule has 1 aromatic carbocycles. The van der Waals surface area contributed by atoms with Crippen molar-refractivity contribution in [3.05, 3.63) is 34.3 Å². The Kier molecular flexibility index (Phi) is 4.96. The van der Waals surface area contributed by atoms with Gasteiger partial charge < -0.3 is 9.47 Å². The first-order chi connectivity index (χ1) is 7.44. The minimum Gasteiger partial charge on any atom is -0.352 e. The van der Waals surface area contributed by atoms with Crippen LogP contribution in [-0.4, -0.2) is 13.7 Å². The average Bonchev–Trinajstić information content (AvgIpc) is 2.20. The lowest BCUT2D eigenvalue weighted by Gasteiger charge is -2.24. The Bertz CT molecular complexity index is 331. The van der Waals surface area contributed by atoms with Crippen molar-refractivity contribution in [3.8, 4) is 0 Å². The Labute approximate surface area is 106 Å². The summed E-state index contributed by atoms with van der Waals surface area (Å²) in [5.74, 6) is 0. The van der Waals surface area contributed by atoms with Crippen LogP contribution < -0.4 is 0 Å². The van der Waals surface area contributed by atoms with Gasteiger partial charge in [0.1, 0.15) is 0 Å². The third kappa shape index (κ3) is 4.24. The normalized spacial score (nSPS) is 13.8. The van der Waals surface area contributed by atoms with E-state index in [1.54, 1.807) is 7.11 Å². The zero-order valence-electron chi connectivity index (χ0n) is 10.3. The smallest absolute Gasteiger partial charge is 0.184 e. The molecule has 1 unspecified atom stereocenters. The van der Waals surface area contributed by atoms with E-state index in [4.69, 9.17) is 9.47 Å². The molecular formula is C13H19BrO2. The van der Waals surface area contributed by atoms with Gasteiger partial charge in [0.25, 0.3) is 0 Å². The number of rotatable bonds is 4. The number of methoxy groups -OCH3 is 1. The largest absolute Gasteiger partial charge is 0.352 e. The van der Waals surface area contributed by atoms with E-state index >= 15 is 0 Å². The SMILES string of the molecule is COC(OCC(C)(C)C)c1ccccc1Br. The number of hydrogen-bond donors (Lipinski definition) is 0. The predicted octanol–water partition coefficient (Wildman–Crippen LogP) is 4.16. The first kappa shape index (κ1) is 13.7. The highest BCUT2D eigenvalue weighted by Gasteiger charge is 2.18. The molecule has 1 rings (SSSR count). The van der Waals surface area contributed by atoms with Gasteiger partial charge in [0.05, 0.1) is 6.61 Å². The monoisotopic (exact) mass is 286 g/mol. The Morgan fingerprint density at radius 2 is 1.88 bits per heavy atom. The van der Waals surface area contributed by atoms with E-state index in [2.05, 4.69) is 36.7 Å². The first-order valence-corrected chi connectivity index (χ1v) is 6.12. The predicted molar refractivity (Wildman–Crippen MR) is 69.3 cm³/mol. The molecule has 0 aliphatic heterocycles. The summed E-state index contributed by atoms with van der Waals surface area (Å²) in [6, 6.07) is 7.94. The fourth-order valence-corrected chi connectivity index (χ4v) is 1.75. The maximum Gasteiger partial charge on any atom is 0.184 e. The highest BCUT2D eigenvalue weighted by atomic mass is 79.9. The molecule has 3 heteroatoms. The van der Waals surface area contributed by atoms with Crippen LogP contribution in [0.4, 0.5) is 0 Å². The van der Waals surface area contributed by atoms with Gasteiger partial charge in [-0.3, -0.25) is 0 Å². The fourth-order valence-electron chi connectivity index (χ4n) is 1.28. The molecular weight excluding hydrogens is 268 g/mol. The van der Waals surface area contributed by atoms with E-state index in [1.165, 1.54) is 0 Å². The van der Waals surface area contributed by atoms with Gasteiger partial charge >= 0.3 is 0 Å². The molecule has 1 aromatic rings. The van der Waals surface area contributed by atoms with Crippen LogP contribution >= 0.6 is 15.9 Å². The Hall–Kier alpha value is -0.380. The van der Waals surface area contributed by atoms with Crippen LogP contribution in [0.15, 0.2) is 28.7 Å². The molecule has 16 heavy (non-hydrogen) atoms. The Morgan fingerprint density at radius 3 is 2.38 bits per heavy atom. The molecule has 0 aliphatic rings. The molecule has 0 saturated carbocycles. The van der Waals surface area contributed by atoms with Gasteiger partial charge in [-0.15, -0.1) is 0 Å². The fraction of sp³-hybridized carbons (Fsp3) is 0.538. The molecule has 90 valence electrons. The van der Waals surface area contributed by atoms with Crippen molar-refractivity contribution in [1.82, 2.24) is 0 Å². The average molecular weight is 287 g/mol. The summed E-state index contributed by atoms with van der Waals surface area (Å²) in [7, 11) is 1.66. The van der Waals surface area contributed by atoms with Crippen molar-refractivity contribution < 1.29 is 9.47 Å². The molecule has 0 radical (unpaired) electrons. The standard InChI is InChI=1S/C13H19BrO2/c1-13(2,3)9-16-12(15-4)10-7-5-6-8-11(10)14/h5-8,12H,9H2,1-4H3. The second-order valence-electron chi connectivity index (χ2n) is 4.96. The minimum atomic E-state index is -0.310. The minimum absolute atomic E-state index is 0.137. The van der Waals surface area contributed by atoms with Crippen molar-refractivity contribution in [2.24, 2.45) is 5.41 Å². The van der Waals surface area contributed by atoms with E-state index in [0.717, 1.165) is 10.0 Å². The third-order valence-corrected chi connectivity index (χ3v) is 2.76. The van der Waals surface area contributed by atoms with Crippen LogP contribution in [0.3, 0.4) is 0 Å². The lowest BCUT2D eigenvalue weighted by molar-refractivity contribution is -0.144. The van der Waals surface area contributed by atoms with Gasteiger partial charge in [-0.25, -0.2) is 0 Å². The summed E-state index contributed by atoms with van der Waals surface area (Å²) >= 11 is 3.50. The maximum atomic E-state index is 5.77. The van der Waals surface area contributed by atoms with Gasteiger partial charge in [-0.2, -0.15) is 0 Å². The van der Waals surface area contributed by atoms with E-state index in [9.17, 15) is 0 Å². The summed E-state index contributed by atoms with van der Waals surface area (Å²) < 4.78 is 12.1. The number of ether oxygens (including phenoxy) is 2. The Morgan fingerprint density at radius 1 is 1.25 bits per heavy atom. The zero-order valence-corrected chi connectivity index (χ0v) is 11.9. The molecule has 2 nitrogen and oxygen atoms in total. The quantitative estimate of drug-likeness (QED) is 0.774. The van der Waals surface area contributed by atoms with E-state index in [-0.39, 0.29) is 11.7 Å². The van der Waals surface area contributed by atoms with Crippen LogP contribution in [0.25, 0.3) is 0 Å². The first-order valence-electron chi connectivity index (χ1n) is 5.33. The lowest BCUT2D eigenvalue weighted by Crippen LogP contribution is -2.18. The van der Waals surface area contributed by atoms with Crippen molar-refractivity contribution in [1.29, 1.82) is 0 Å². The summed E-state index contributed by atoms with van der Waals surface area (Å²) in [6.07, 6.45) is -0.310. The number of benzene rings is 1. The van der Waals surface area contributed by atoms with Crippen LogP contribution in [0.2, 0.25) is 0 Å². The van der Waals surface area contributed by atoms with Crippen LogP contribution in [0, 0.1) is 5.41 Å². The molecule has 0 aliphatic carbocycles. The van der Waals surface area contributed by atoms with Gasteiger partial charge in [0, 0.05) is 17.1 Å². The molecule has 0 fully saturated rings. The summed E-state index contributed by atoms with van der Waals surface area (Å²) in [5, 5.41) is 0. The van der Waals surface area contributed by atoms with Crippen molar-refractivity contribution in [2.75, 3.05) is 13.7 Å². The highest BCUT2D eigenvalue weighted by Crippen LogP contribution is 2.28. The van der Waals surface area contributed by atoms with Gasteiger partial charge in [-0.1, -0.05) is 54.9 Å². The molecule has 0 heterocycles. The van der Waals surface area contributed by atoms with E-state index in [0.29, 0.717) is 6.61 Å². The van der Waals surface area contributed by atoms with Crippen molar-refractivity contribution in [2.45, 2.75) is 27.1 Å². The summed E-state index contributed by atoms with van der Waals surface area (Å²) in [4.78, 5) is 0. The molecule has 0 bridgehead atoms. The van der Waals surface area contributed by atoms with Crippen LogP contribution in [-0.2, 0) is 9.47 Å². The number of halogens is 1. The molecule has 0 aromatic heterocycles. The van der Waals surface area contributed by atoms with E-state index in [1.807, 2.05) is 24.3 Å². The van der Waals surface area contributed by atoms with Gasteiger partial charge in [0.15, 0.2) is 6.29 Å². The topological polar surface area (TPSA) is 18.5 Å². The van der Waals surface area contributed by atoms with Crippen molar-refractivity contribution >= 4 is 15.9 Å². The zero-order chi connectivity index (χ0) is 12.2. The second kappa shape index (κ2) is 5.80. The van der Waals surface area contributed by atoms with Crippen molar-refractivity contribution in [3.63, 3.8) is 0 Å². The molecule has 0 N–H and O–H groups in total. The van der Waals surface area contributed by atoms with Gasteiger partial charge in [0.2, 0.25) is 0 Å². The molecule has 1 atom stereocenters. The van der Waals surface area contributed by atoms with Crippen LogP contribution in [0.1, 0.15) is 32.6 Å². The lowest BCUT2D eigenvalue weighted by atomic mass is 9.99. The Balaban J connectivity index is 2.72. The van der Waals surface area contributed by atoms with Crippen LogP contribution in [0.5, 0.6) is 0 Å².